The third-order valence-corrected chi connectivity index (χ3v) is 10.5. The molecule has 1 heteroatoms. The van der Waals surface area contributed by atoms with Crippen molar-refractivity contribution in [3.8, 4) is 11.1 Å². The predicted octanol–water partition coefficient (Wildman–Crippen LogP) is 14.9. The Bertz CT molecular complexity index is 2440. The number of hydrogen-bond donors (Lipinski definition) is 0. The highest BCUT2D eigenvalue weighted by Crippen LogP contribution is 2.47. The monoisotopic (exact) mass is 650 g/mol. The van der Waals surface area contributed by atoms with Gasteiger partial charge in [0.15, 0.2) is 0 Å². The van der Waals surface area contributed by atoms with E-state index in [0.717, 1.165) is 24.8 Å². The van der Waals surface area contributed by atoms with Gasteiger partial charge in [0.2, 0.25) is 0 Å². The van der Waals surface area contributed by atoms with Crippen LogP contribution < -0.4 is 0 Å². The number of fused-ring (bicyclic) bond motifs is 3. The van der Waals surface area contributed by atoms with Crippen molar-refractivity contribution in [2.45, 2.75) is 40.0 Å². The topological polar surface area (TPSA) is 0 Å². The van der Waals surface area contributed by atoms with Gasteiger partial charge in [-0.15, -0.1) is 11.3 Å². The maximum Gasteiger partial charge on any atom is 0.0361 e. The van der Waals surface area contributed by atoms with Gasteiger partial charge in [0, 0.05) is 20.2 Å². The van der Waals surface area contributed by atoms with E-state index in [-0.39, 0.29) is 0 Å². The highest BCUT2D eigenvalue weighted by atomic mass is 32.1. The van der Waals surface area contributed by atoms with Gasteiger partial charge in [-0.3, -0.25) is 0 Å². The third-order valence-electron chi connectivity index (χ3n) is 9.34. The zero-order valence-electron chi connectivity index (χ0n) is 28.7. The SMILES string of the molecule is C=C(C)c1cccc(-c2cccc3c4cccc5sc6cccc(c23)c6c54)c1.CC/C=C(/C=C(\CCC)c1ccccc1)c1ccccc1. The largest absolute Gasteiger partial charge is 0.135 e. The van der Waals surface area contributed by atoms with Gasteiger partial charge < -0.3 is 0 Å². The van der Waals surface area contributed by atoms with E-state index in [9.17, 15) is 0 Å². The average molecular weight is 651 g/mol. The van der Waals surface area contributed by atoms with E-state index in [0.29, 0.717) is 0 Å². The molecule has 0 fully saturated rings. The minimum atomic E-state index is 1.05. The first-order chi connectivity index (χ1) is 24.1. The van der Waals surface area contributed by atoms with Crippen molar-refractivity contribution < 1.29 is 0 Å². The standard InChI is InChI=1S/C27H18S.C21H24/c1-16(2)17-7-3-8-18(15-17)19-9-4-10-20-21-11-5-13-23-26(21)27-22(25(19)20)12-6-14-24(27)28-23;1-3-11-20(18-13-7-5-8-14-18)17-21(12-4-2)19-15-9-6-10-16-19/h3-15H,1H2,2H3;5-11,13-17H,3-4,12H2,1-2H3/b;20-11-,21-17+. The quantitative estimate of drug-likeness (QED) is 0.113. The van der Waals surface area contributed by atoms with Gasteiger partial charge in [0.1, 0.15) is 0 Å². The van der Waals surface area contributed by atoms with Crippen LogP contribution in [0.15, 0.2) is 158 Å². The molecule has 0 unspecified atom stereocenters. The van der Waals surface area contributed by atoms with Gasteiger partial charge in [0.25, 0.3) is 0 Å². The van der Waals surface area contributed by atoms with Crippen LogP contribution in [0.3, 0.4) is 0 Å². The molecular formula is C48H42S. The molecule has 0 nitrogen and oxygen atoms in total. The fourth-order valence-electron chi connectivity index (χ4n) is 7.08. The first-order valence-corrected chi connectivity index (χ1v) is 18.2. The number of hydrogen-bond acceptors (Lipinski definition) is 1. The summed E-state index contributed by atoms with van der Waals surface area (Å²) >= 11 is 1.90. The number of benzene rings is 7. The van der Waals surface area contributed by atoms with Crippen molar-refractivity contribution in [1.82, 2.24) is 0 Å². The predicted molar refractivity (Wildman–Crippen MR) is 220 cm³/mol. The molecule has 1 heterocycles. The van der Waals surface area contributed by atoms with Crippen molar-refractivity contribution in [1.29, 1.82) is 0 Å². The van der Waals surface area contributed by atoms with Crippen molar-refractivity contribution in [2.24, 2.45) is 0 Å². The summed E-state index contributed by atoms with van der Waals surface area (Å²) < 4.78 is 2.75. The van der Waals surface area contributed by atoms with Crippen LogP contribution in [-0.4, -0.2) is 0 Å². The first kappa shape index (κ1) is 32.3. The molecule has 240 valence electrons. The summed E-state index contributed by atoms with van der Waals surface area (Å²) in [6, 6.07) is 50.3. The van der Waals surface area contributed by atoms with Gasteiger partial charge in [-0.05, 0) is 98.5 Å². The second-order valence-electron chi connectivity index (χ2n) is 12.8. The molecule has 49 heavy (non-hydrogen) atoms. The molecule has 8 rings (SSSR count). The Kier molecular flexibility index (Phi) is 9.55. The Morgan fingerprint density at radius 2 is 1.16 bits per heavy atom. The van der Waals surface area contributed by atoms with Crippen LogP contribution in [-0.2, 0) is 0 Å². The molecule has 0 N–H and O–H groups in total. The van der Waals surface area contributed by atoms with Crippen LogP contribution >= 0.6 is 11.3 Å². The third kappa shape index (κ3) is 6.47. The lowest BCUT2D eigenvalue weighted by molar-refractivity contribution is 0.973. The van der Waals surface area contributed by atoms with Crippen LogP contribution in [0, 0.1) is 0 Å². The maximum absolute atomic E-state index is 4.13. The average Bonchev–Trinajstić information content (AvgIpc) is 3.54. The Balaban J connectivity index is 0.000000162. The van der Waals surface area contributed by atoms with E-state index in [1.807, 2.05) is 11.3 Å². The van der Waals surface area contributed by atoms with E-state index in [1.165, 1.54) is 80.7 Å². The fourth-order valence-corrected chi connectivity index (χ4v) is 8.24. The molecule has 0 spiro atoms. The van der Waals surface area contributed by atoms with E-state index < -0.39 is 0 Å². The van der Waals surface area contributed by atoms with Crippen molar-refractivity contribution in [2.75, 3.05) is 0 Å². The van der Waals surface area contributed by atoms with E-state index in [2.05, 4.69) is 179 Å². The first-order valence-electron chi connectivity index (χ1n) is 17.4. The molecule has 7 aromatic carbocycles. The minimum absolute atomic E-state index is 1.05. The van der Waals surface area contributed by atoms with Gasteiger partial charge in [-0.1, -0.05) is 166 Å². The molecule has 0 radical (unpaired) electrons. The zero-order valence-corrected chi connectivity index (χ0v) is 29.5. The summed E-state index contributed by atoms with van der Waals surface area (Å²) in [5, 5.41) is 8.23. The lowest BCUT2D eigenvalue weighted by Crippen LogP contribution is -1.87. The molecule has 8 aromatic rings. The van der Waals surface area contributed by atoms with Crippen LogP contribution in [0.5, 0.6) is 0 Å². The summed E-state index contributed by atoms with van der Waals surface area (Å²) in [5.74, 6) is 0. The fraction of sp³-hybridized carbons (Fsp3) is 0.125. The molecule has 0 aliphatic carbocycles. The normalized spacial score (nSPS) is 12.1. The minimum Gasteiger partial charge on any atom is -0.135 e. The Hall–Kier alpha value is -5.24. The molecule has 0 amide bonds. The summed E-state index contributed by atoms with van der Waals surface area (Å²) in [6.07, 6.45) is 7.99. The number of thiophene rings is 1. The van der Waals surface area contributed by atoms with Crippen LogP contribution in [0.25, 0.3) is 69.6 Å². The molecule has 0 aliphatic rings. The highest BCUT2D eigenvalue weighted by molar-refractivity contribution is 7.26. The summed E-state index contributed by atoms with van der Waals surface area (Å²) in [4.78, 5) is 0. The smallest absolute Gasteiger partial charge is 0.0361 e. The Labute approximate surface area is 294 Å². The van der Waals surface area contributed by atoms with Gasteiger partial charge in [0.05, 0.1) is 0 Å². The van der Waals surface area contributed by atoms with Gasteiger partial charge in [-0.25, -0.2) is 0 Å². The van der Waals surface area contributed by atoms with Crippen LogP contribution in [0.2, 0.25) is 0 Å². The Morgan fingerprint density at radius 3 is 1.82 bits per heavy atom. The van der Waals surface area contributed by atoms with E-state index in [1.54, 1.807) is 0 Å². The van der Waals surface area contributed by atoms with E-state index >= 15 is 0 Å². The summed E-state index contributed by atoms with van der Waals surface area (Å²) in [5.41, 5.74) is 10.2. The van der Waals surface area contributed by atoms with Crippen LogP contribution in [0.4, 0.5) is 0 Å². The molecule has 0 bridgehead atoms. The molecule has 1 aromatic heterocycles. The lowest BCUT2D eigenvalue weighted by Gasteiger charge is -2.14. The van der Waals surface area contributed by atoms with Gasteiger partial charge in [-0.2, -0.15) is 0 Å². The Morgan fingerprint density at radius 1 is 0.592 bits per heavy atom. The van der Waals surface area contributed by atoms with Crippen molar-refractivity contribution in [3.63, 3.8) is 0 Å². The van der Waals surface area contributed by atoms with Gasteiger partial charge >= 0.3 is 0 Å². The second kappa shape index (κ2) is 14.5. The van der Waals surface area contributed by atoms with Crippen LogP contribution in [0.1, 0.15) is 56.7 Å². The maximum atomic E-state index is 4.13. The molecule has 0 saturated carbocycles. The summed E-state index contributed by atoms with van der Waals surface area (Å²) in [6.45, 7) is 10.6. The second-order valence-corrected chi connectivity index (χ2v) is 13.9. The van der Waals surface area contributed by atoms with Crippen molar-refractivity contribution in [3.05, 3.63) is 175 Å². The lowest BCUT2D eigenvalue weighted by atomic mass is 9.89. The number of rotatable bonds is 8. The number of allylic oxidation sites excluding steroid dienone is 5. The molecule has 0 aliphatic heterocycles. The molecule has 0 atom stereocenters. The molecule has 0 saturated heterocycles. The zero-order chi connectivity index (χ0) is 33.7. The van der Waals surface area contributed by atoms with E-state index in [4.69, 9.17) is 0 Å². The highest BCUT2D eigenvalue weighted by Gasteiger charge is 2.17. The molecular weight excluding hydrogens is 609 g/mol. The van der Waals surface area contributed by atoms with Crippen molar-refractivity contribution >= 4 is 69.8 Å². The summed E-state index contributed by atoms with van der Waals surface area (Å²) in [7, 11) is 0.